The van der Waals surface area contributed by atoms with Crippen molar-refractivity contribution in [2.45, 2.75) is 13.3 Å². The average Bonchev–Trinajstić information content (AvgIpc) is 2.26. The topological polar surface area (TPSA) is 54.4 Å². The van der Waals surface area contributed by atoms with Crippen LogP contribution in [-0.4, -0.2) is 16.9 Å². The van der Waals surface area contributed by atoms with Crippen molar-refractivity contribution in [3.63, 3.8) is 0 Å². The van der Waals surface area contributed by atoms with Gasteiger partial charge in [0.15, 0.2) is 0 Å². The second-order valence-corrected chi connectivity index (χ2v) is 3.10. The van der Waals surface area contributed by atoms with E-state index in [4.69, 9.17) is 5.11 Å². The van der Waals surface area contributed by atoms with Crippen LogP contribution < -0.4 is 0 Å². The molecule has 0 saturated heterocycles. The van der Waals surface area contributed by atoms with Crippen molar-refractivity contribution in [2.75, 3.05) is 0 Å². The third-order valence-electron chi connectivity index (χ3n) is 2.03. The van der Waals surface area contributed by atoms with Crippen molar-refractivity contribution in [1.82, 2.24) is 0 Å². The molecule has 0 spiro atoms. The average molecular weight is 204 g/mol. The van der Waals surface area contributed by atoms with Crippen molar-refractivity contribution in [2.24, 2.45) is 0 Å². The fourth-order valence-corrected chi connectivity index (χ4v) is 1.11. The number of rotatable bonds is 4. The number of aryl methyl sites for hydroxylation is 1. The van der Waals surface area contributed by atoms with Gasteiger partial charge in [-0.05, 0) is 23.6 Å². The van der Waals surface area contributed by atoms with Gasteiger partial charge in [0.25, 0.3) is 5.78 Å². The zero-order chi connectivity index (χ0) is 11.3. The summed E-state index contributed by atoms with van der Waals surface area (Å²) in [4.78, 5) is 21.0. The smallest absolute Gasteiger partial charge is 0.376 e. The van der Waals surface area contributed by atoms with Crippen LogP contribution in [0.25, 0.3) is 6.08 Å². The van der Waals surface area contributed by atoms with Gasteiger partial charge in [0.2, 0.25) is 0 Å². The predicted molar refractivity (Wildman–Crippen MR) is 57.5 cm³/mol. The van der Waals surface area contributed by atoms with Crippen LogP contribution in [0.2, 0.25) is 0 Å². The second-order valence-electron chi connectivity index (χ2n) is 3.10. The Morgan fingerprint density at radius 2 is 1.87 bits per heavy atom. The van der Waals surface area contributed by atoms with Gasteiger partial charge in [-0.1, -0.05) is 37.3 Å². The lowest BCUT2D eigenvalue weighted by Crippen LogP contribution is -2.08. The number of benzene rings is 1. The minimum atomic E-state index is -1.43. The Bertz CT molecular complexity index is 388. The van der Waals surface area contributed by atoms with Crippen molar-refractivity contribution in [3.05, 3.63) is 41.5 Å². The molecule has 0 aliphatic heterocycles. The summed E-state index contributed by atoms with van der Waals surface area (Å²) in [7, 11) is 0. The maximum absolute atomic E-state index is 10.8. The molecule has 0 amide bonds. The fraction of sp³-hybridized carbons (Fsp3) is 0.167. The molecule has 3 heteroatoms. The summed E-state index contributed by atoms with van der Waals surface area (Å²) in [5, 5.41) is 8.34. The summed E-state index contributed by atoms with van der Waals surface area (Å²) in [5.41, 5.74) is 2.03. The van der Waals surface area contributed by atoms with Crippen LogP contribution in [0, 0.1) is 0 Å². The SMILES string of the molecule is CCc1ccc(/C=C/C(=O)C(=O)O)cc1. The molecule has 15 heavy (non-hydrogen) atoms. The maximum atomic E-state index is 10.8. The van der Waals surface area contributed by atoms with E-state index in [2.05, 4.69) is 6.92 Å². The van der Waals surface area contributed by atoms with Gasteiger partial charge in [0, 0.05) is 0 Å². The second kappa shape index (κ2) is 5.10. The Morgan fingerprint density at radius 3 is 2.33 bits per heavy atom. The molecule has 0 saturated carbocycles. The number of hydrogen-bond donors (Lipinski definition) is 1. The van der Waals surface area contributed by atoms with Crippen LogP contribution in [0.15, 0.2) is 30.3 Å². The summed E-state index contributed by atoms with van der Waals surface area (Å²) in [6.07, 6.45) is 3.51. The molecular formula is C12H12O3. The number of hydrogen-bond acceptors (Lipinski definition) is 2. The summed E-state index contributed by atoms with van der Waals surface area (Å²) in [6, 6.07) is 7.60. The first-order valence-corrected chi connectivity index (χ1v) is 4.67. The van der Waals surface area contributed by atoms with Gasteiger partial charge < -0.3 is 5.11 Å². The van der Waals surface area contributed by atoms with Gasteiger partial charge in [0.05, 0.1) is 0 Å². The summed E-state index contributed by atoms with van der Waals surface area (Å²) in [5.74, 6) is -2.34. The molecule has 1 aromatic carbocycles. The molecule has 0 aromatic heterocycles. The Kier molecular flexibility index (Phi) is 3.80. The van der Waals surface area contributed by atoms with Gasteiger partial charge in [-0.25, -0.2) is 4.79 Å². The lowest BCUT2D eigenvalue weighted by Gasteiger charge is -1.96. The van der Waals surface area contributed by atoms with Crippen molar-refractivity contribution in [3.8, 4) is 0 Å². The molecule has 0 heterocycles. The highest BCUT2D eigenvalue weighted by Gasteiger charge is 2.05. The van der Waals surface area contributed by atoms with Crippen LogP contribution >= 0.6 is 0 Å². The third-order valence-corrected chi connectivity index (χ3v) is 2.03. The Balaban J connectivity index is 2.73. The standard InChI is InChI=1S/C12H12O3/c1-2-9-3-5-10(6-4-9)7-8-11(13)12(14)15/h3-8H,2H2,1H3,(H,14,15)/b8-7+. The summed E-state index contributed by atoms with van der Waals surface area (Å²) >= 11 is 0. The Labute approximate surface area is 88.0 Å². The highest BCUT2D eigenvalue weighted by atomic mass is 16.4. The van der Waals surface area contributed by atoms with Crippen LogP contribution in [0.4, 0.5) is 0 Å². The number of aliphatic carboxylic acids is 1. The molecule has 0 bridgehead atoms. The summed E-state index contributed by atoms with van der Waals surface area (Å²) in [6.45, 7) is 2.05. The van der Waals surface area contributed by atoms with Crippen molar-refractivity contribution in [1.29, 1.82) is 0 Å². The predicted octanol–water partition coefficient (Wildman–Crippen LogP) is 1.92. The number of ketones is 1. The molecule has 1 rings (SSSR count). The van der Waals surface area contributed by atoms with E-state index < -0.39 is 11.8 Å². The van der Waals surface area contributed by atoms with Crippen molar-refractivity contribution >= 4 is 17.8 Å². The van der Waals surface area contributed by atoms with E-state index in [0.29, 0.717) is 0 Å². The number of carbonyl (C=O) groups is 2. The zero-order valence-corrected chi connectivity index (χ0v) is 8.43. The Morgan fingerprint density at radius 1 is 1.27 bits per heavy atom. The van der Waals surface area contributed by atoms with E-state index in [1.54, 1.807) is 0 Å². The first-order valence-electron chi connectivity index (χ1n) is 4.67. The van der Waals surface area contributed by atoms with E-state index in [1.165, 1.54) is 11.6 Å². The van der Waals surface area contributed by atoms with Crippen LogP contribution in [-0.2, 0) is 16.0 Å². The van der Waals surface area contributed by atoms with E-state index in [0.717, 1.165) is 18.1 Å². The molecule has 78 valence electrons. The normalized spacial score (nSPS) is 10.5. The number of carbonyl (C=O) groups excluding carboxylic acids is 1. The molecule has 0 unspecified atom stereocenters. The lowest BCUT2D eigenvalue weighted by molar-refractivity contribution is -0.146. The monoisotopic (exact) mass is 204 g/mol. The van der Waals surface area contributed by atoms with Crippen molar-refractivity contribution < 1.29 is 14.7 Å². The first-order chi connectivity index (χ1) is 7.13. The molecular weight excluding hydrogens is 192 g/mol. The van der Waals surface area contributed by atoms with E-state index in [1.807, 2.05) is 24.3 Å². The fourth-order valence-electron chi connectivity index (χ4n) is 1.11. The molecule has 0 fully saturated rings. The summed E-state index contributed by atoms with van der Waals surface area (Å²) < 4.78 is 0. The third kappa shape index (κ3) is 3.38. The quantitative estimate of drug-likeness (QED) is 0.602. The number of carboxylic acids is 1. The number of carboxylic acid groups (broad SMARTS) is 1. The van der Waals surface area contributed by atoms with E-state index in [-0.39, 0.29) is 0 Å². The Hall–Kier alpha value is -1.90. The molecule has 3 nitrogen and oxygen atoms in total. The van der Waals surface area contributed by atoms with Gasteiger partial charge in [0.1, 0.15) is 0 Å². The van der Waals surface area contributed by atoms with Gasteiger partial charge in [-0.2, -0.15) is 0 Å². The highest BCUT2D eigenvalue weighted by molar-refractivity contribution is 6.38. The molecule has 0 atom stereocenters. The molecule has 1 aromatic rings. The highest BCUT2D eigenvalue weighted by Crippen LogP contribution is 2.06. The molecule has 0 aliphatic rings. The minimum Gasteiger partial charge on any atom is -0.475 e. The van der Waals surface area contributed by atoms with E-state index >= 15 is 0 Å². The first kappa shape index (κ1) is 11.2. The van der Waals surface area contributed by atoms with Gasteiger partial charge in [-0.15, -0.1) is 0 Å². The van der Waals surface area contributed by atoms with Gasteiger partial charge in [-0.3, -0.25) is 4.79 Å². The maximum Gasteiger partial charge on any atom is 0.376 e. The van der Waals surface area contributed by atoms with Crippen LogP contribution in [0.5, 0.6) is 0 Å². The van der Waals surface area contributed by atoms with Crippen LogP contribution in [0.1, 0.15) is 18.1 Å². The van der Waals surface area contributed by atoms with Crippen LogP contribution in [0.3, 0.4) is 0 Å². The molecule has 1 N–H and O–H groups in total. The minimum absolute atomic E-state index is 0.821. The zero-order valence-electron chi connectivity index (χ0n) is 8.43. The molecule has 0 radical (unpaired) electrons. The molecule has 0 aliphatic carbocycles. The van der Waals surface area contributed by atoms with Gasteiger partial charge >= 0.3 is 5.97 Å². The largest absolute Gasteiger partial charge is 0.475 e. The lowest BCUT2D eigenvalue weighted by atomic mass is 10.1. The van der Waals surface area contributed by atoms with E-state index in [9.17, 15) is 9.59 Å².